The average molecular weight is 399 g/mol. The Morgan fingerprint density at radius 3 is 2.25 bits per heavy atom. The molecule has 2 rings (SSSR count). The highest BCUT2D eigenvalue weighted by Crippen LogP contribution is 2.28. The van der Waals surface area contributed by atoms with Gasteiger partial charge in [-0.2, -0.15) is 0 Å². The summed E-state index contributed by atoms with van der Waals surface area (Å²) in [5.41, 5.74) is 1.22. The van der Waals surface area contributed by atoms with Crippen molar-refractivity contribution in [1.82, 2.24) is 5.32 Å². The molecule has 0 aliphatic rings. The maximum absolute atomic E-state index is 5.82. The Morgan fingerprint density at radius 1 is 1.00 bits per heavy atom. The van der Waals surface area contributed by atoms with Gasteiger partial charge in [0.15, 0.2) is 0 Å². The van der Waals surface area contributed by atoms with Gasteiger partial charge in [0.05, 0.1) is 0 Å². The van der Waals surface area contributed by atoms with Crippen molar-refractivity contribution < 1.29 is 4.74 Å². The molecule has 2 nitrogen and oxygen atoms in total. The van der Waals surface area contributed by atoms with E-state index in [4.69, 9.17) is 4.74 Å². The predicted molar refractivity (Wildman–Crippen MR) is 90.3 cm³/mol. The van der Waals surface area contributed by atoms with E-state index in [0.29, 0.717) is 6.04 Å². The van der Waals surface area contributed by atoms with E-state index >= 15 is 0 Å². The average Bonchev–Trinajstić information content (AvgIpc) is 2.40. The third kappa shape index (κ3) is 4.62. The molecule has 0 radical (unpaired) electrons. The second-order valence-electron chi connectivity index (χ2n) is 4.84. The molecule has 20 heavy (non-hydrogen) atoms. The van der Waals surface area contributed by atoms with Crippen LogP contribution in [0.15, 0.2) is 51.4 Å². The minimum Gasteiger partial charge on any atom is -0.457 e. The molecule has 0 spiro atoms. The van der Waals surface area contributed by atoms with Crippen LogP contribution in [-0.2, 0) is 6.54 Å². The van der Waals surface area contributed by atoms with Crippen LogP contribution in [0.5, 0.6) is 11.5 Å². The van der Waals surface area contributed by atoms with Crippen molar-refractivity contribution in [1.29, 1.82) is 0 Å². The topological polar surface area (TPSA) is 21.3 Å². The van der Waals surface area contributed by atoms with Crippen molar-refractivity contribution in [2.45, 2.75) is 26.4 Å². The molecule has 0 saturated carbocycles. The lowest BCUT2D eigenvalue weighted by Gasteiger charge is -2.11. The number of nitrogens with one attached hydrogen (secondary N) is 1. The highest BCUT2D eigenvalue weighted by Gasteiger charge is 2.04. The lowest BCUT2D eigenvalue weighted by molar-refractivity contribution is 0.481. The van der Waals surface area contributed by atoms with Gasteiger partial charge in [-0.25, -0.2) is 0 Å². The first-order valence-electron chi connectivity index (χ1n) is 6.50. The number of rotatable bonds is 5. The molecule has 0 atom stereocenters. The van der Waals surface area contributed by atoms with Gasteiger partial charge in [-0.15, -0.1) is 0 Å². The molecule has 0 amide bonds. The maximum Gasteiger partial charge on any atom is 0.128 e. The normalized spacial score (nSPS) is 10.8. The lowest BCUT2D eigenvalue weighted by Crippen LogP contribution is -2.21. The summed E-state index contributed by atoms with van der Waals surface area (Å²) in [6.45, 7) is 5.12. The predicted octanol–water partition coefficient (Wildman–Crippen LogP) is 5.50. The van der Waals surface area contributed by atoms with Gasteiger partial charge in [0.25, 0.3) is 0 Å². The summed E-state index contributed by atoms with van der Waals surface area (Å²) >= 11 is 7.01. The summed E-state index contributed by atoms with van der Waals surface area (Å²) in [4.78, 5) is 0. The van der Waals surface area contributed by atoms with Crippen LogP contribution in [0.1, 0.15) is 19.4 Å². The zero-order valence-electron chi connectivity index (χ0n) is 11.5. The maximum atomic E-state index is 5.82. The van der Waals surface area contributed by atoms with E-state index in [9.17, 15) is 0 Å². The van der Waals surface area contributed by atoms with Crippen LogP contribution in [0.2, 0.25) is 0 Å². The lowest BCUT2D eigenvalue weighted by atomic mass is 10.2. The van der Waals surface area contributed by atoms with E-state index in [2.05, 4.69) is 57.1 Å². The number of hydrogen-bond acceptors (Lipinski definition) is 2. The number of hydrogen-bond donors (Lipinski definition) is 1. The summed E-state index contributed by atoms with van der Waals surface area (Å²) in [6, 6.07) is 14.3. The molecule has 0 unspecified atom stereocenters. The fourth-order valence-electron chi connectivity index (χ4n) is 1.69. The minimum atomic E-state index is 0.473. The summed E-state index contributed by atoms with van der Waals surface area (Å²) in [6.07, 6.45) is 0. The molecule has 0 heterocycles. The third-order valence-corrected chi connectivity index (χ3v) is 4.04. The Bertz CT molecular complexity index is 567. The van der Waals surface area contributed by atoms with Gasteiger partial charge in [-0.1, -0.05) is 51.8 Å². The van der Waals surface area contributed by atoms with E-state index in [0.717, 1.165) is 27.0 Å². The van der Waals surface area contributed by atoms with Gasteiger partial charge in [0, 0.05) is 21.5 Å². The first kappa shape index (κ1) is 15.5. The Balaban J connectivity index is 2.06. The number of halogens is 2. The largest absolute Gasteiger partial charge is 0.457 e. The van der Waals surface area contributed by atoms with Gasteiger partial charge in [-0.05, 0) is 42.0 Å². The standard InChI is InChI=1S/C16H17Br2NO/c1-11(2)19-10-12-3-6-15(9-16(12)18)20-14-7-4-13(17)5-8-14/h3-9,11,19H,10H2,1-2H3. The highest BCUT2D eigenvalue weighted by molar-refractivity contribution is 9.10. The molecule has 0 aliphatic heterocycles. The van der Waals surface area contributed by atoms with Gasteiger partial charge in [-0.3, -0.25) is 0 Å². The van der Waals surface area contributed by atoms with Gasteiger partial charge < -0.3 is 10.1 Å². The second-order valence-corrected chi connectivity index (χ2v) is 6.61. The monoisotopic (exact) mass is 397 g/mol. The fourth-order valence-corrected chi connectivity index (χ4v) is 2.45. The SMILES string of the molecule is CC(C)NCc1ccc(Oc2ccc(Br)cc2)cc1Br. The van der Waals surface area contributed by atoms with Crippen molar-refractivity contribution >= 4 is 31.9 Å². The van der Waals surface area contributed by atoms with Gasteiger partial charge in [0.1, 0.15) is 11.5 Å². The van der Waals surface area contributed by atoms with Crippen LogP contribution < -0.4 is 10.1 Å². The molecule has 106 valence electrons. The molecule has 0 aliphatic carbocycles. The molecule has 0 aromatic heterocycles. The van der Waals surface area contributed by atoms with Crippen LogP contribution in [0.3, 0.4) is 0 Å². The summed E-state index contributed by atoms with van der Waals surface area (Å²) in [5.74, 6) is 1.65. The number of ether oxygens (including phenoxy) is 1. The summed E-state index contributed by atoms with van der Waals surface area (Å²) in [7, 11) is 0. The van der Waals surface area contributed by atoms with Crippen molar-refractivity contribution in [2.75, 3.05) is 0 Å². The van der Waals surface area contributed by atoms with Crippen LogP contribution >= 0.6 is 31.9 Å². The van der Waals surface area contributed by atoms with E-state index < -0.39 is 0 Å². The Kier molecular flexibility index (Phi) is 5.64. The molecule has 2 aromatic rings. The van der Waals surface area contributed by atoms with Crippen LogP contribution in [0.25, 0.3) is 0 Å². The van der Waals surface area contributed by atoms with Crippen molar-refractivity contribution in [2.24, 2.45) is 0 Å². The van der Waals surface area contributed by atoms with Gasteiger partial charge in [0.2, 0.25) is 0 Å². The first-order valence-corrected chi connectivity index (χ1v) is 8.08. The molecule has 0 saturated heterocycles. The van der Waals surface area contributed by atoms with Crippen molar-refractivity contribution in [3.63, 3.8) is 0 Å². The molecule has 4 heteroatoms. The third-order valence-electron chi connectivity index (χ3n) is 2.77. The molecular weight excluding hydrogens is 382 g/mol. The van der Waals surface area contributed by atoms with Crippen molar-refractivity contribution in [3.8, 4) is 11.5 Å². The smallest absolute Gasteiger partial charge is 0.128 e. The molecule has 0 bridgehead atoms. The van der Waals surface area contributed by atoms with E-state index in [1.165, 1.54) is 5.56 Å². The van der Waals surface area contributed by atoms with Crippen LogP contribution in [-0.4, -0.2) is 6.04 Å². The molecule has 1 N–H and O–H groups in total. The first-order chi connectivity index (χ1) is 9.54. The van der Waals surface area contributed by atoms with Crippen molar-refractivity contribution in [3.05, 3.63) is 57.0 Å². The Morgan fingerprint density at radius 2 is 1.65 bits per heavy atom. The quantitative estimate of drug-likeness (QED) is 0.717. The zero-order valence-corrected chi connectivity index (χ0v) is 14.7. The van der Waals surface area contributed by atoms with E-state index in [1.807, 2.05) is 36.4 Å². The Hall–Kier alpha value is -0.840. The van der Waals surface area contributed by atoms with Crippen LogP contribution in [0, 0.1) is 0 Å². The fraction of sp³-hybridized carbons (Fsp3) is 0.250. The zero-order chi connectivity index (χ0) is 14.5. The second kappa shape index (κ2) is 7.25. The highest BCUT2D eigenvalue weighted by atomic mass is 79.9. The van der Waals surface area contributed by atoms with E-state index in [-0.39, 0.29) is 0 Å². The van der Waals surface area contributed by atoms with E-state index in [1.54, 1.807) is 0 Å². The number of benzene rings is 2. The summed E-state index contributed by atoms with van der Waals surface area (Å²) in [5, 5.41) is 3.40. The molecule has 2 aromatic carbocycles. The molecule has 0 fully saturated rings. The molecular formula is C16H17Br2NO. The van der Waals surface area contributed by atoms with Crippen LogP contribution in [0.4, 0.5) is 0 Å². The summed E-state index contributed by atoms with van der Waals surface area (Å²) < 4.78 is 7.92. The Labute approximate surface area is 136 Å². The van der Waals surface area contributed by atoms with Gasteiger partial charge >= 0.3 is 0 Å². The minimum absolute atomic E-state index is 0.473.